The first-order valence-electron chi connectivity index (χ1n) is 4.74. The van der Waals surface area contributed by atoms with Crippen LogP contribution in [0, 0.1) is 0 Å². The number of nitrogens with zero attached hydrogens (tertiary/aromatic N) is 1. The first kappa shape index (κ1) is 13.2. The molecule has 0 heterocycles. The van der Waals surface area contributed by atoms with E-state index in [0.29, 0.717) is 6.29 Å². The zero-order valence-corrected chi connectivity index (χ0v) is 8.81. The van der Waals surface area contributed by atoms with E-state index < -0.39 is 13.2 Å². The Labute approximate surface area is 97.7 Å². The molecule has 0 aromatic heterocycles. The van der Waals surface area contributed by atoms with Gasteiger partial charge in [0.25, 0.3) is 5.91 Å². The Kier molecular flexibility index (Phi) is 5.21. The summed E-state index contributed by atoms with van der Waals surface area (Å²) < 4.78 is 4.32. The summed E-state index contributed by atoms with van der Waals surface area (Å²) in [5.41, 5.74) is 0.432. The van der Waals surface area contributed by atoms with Crippen LogP contribution < -0.4 is 0 Å². The van der Waals surface area contributed by atoms with Crippen LogP contribution in [0.5, 0.6) is 0 Å². The highest BCUT2D eigenvalue weighted by Crippen LogP contribution is 2.07. The normalized spacial score (nSPS) is 10.5. The van der Waals surface area contributed by atoms with E-state index in [0.717, 1.165) is 6.21 Å². The molecule has 0 atom stereocenters. The van der Waals surface area contributed by atoms with Crippen LogP contribution in [0.1, 0.15) is 20.7 Å². The number of carbonyl (C=O) groups excluding carboxylic acids is 2. The van der Waals surface area contributed by atoms with E-state index in [2.05, 4.69) is 9.65 Å². The summed E-state index contributed by atoms with van der Waals surface area (Å²) in [5.74, 6) is -0.594. The number of aldehydes is 1. The largest absolute Gasteiger partial charge is 0.634 e. The van der Waals surface area contributed by atoms with Crippen molar-refractivity contribution in [2.45, 2.75) is 0 Å². The first-order chi connectivity index (χ1) is 8.15. The van der Waals surface area contributed by atoms with E-state index in [1.165, 1.54) is 12.1 Å². The minimum Gasteiger partial charge on any atom is -0.402 e. The van der Waals surface area contributed by atoms with Gasteiger partial charge in [-0.2, -0.15) is 0 Å². The molecule has 0 radical (unpaired) electrons. The van der Waals surface area contributed by atoms with Crippen LogP contribution in [-0.4, -0.2) is 42.4 Å². The maximum atomic E-state index is 11.5. The van der Waals surface area contributed by atoms with Gasteiger partial charge in [-0.1, -0.05) is 18.2 Å². The fourth-order valence-electron chi connectivity index (χ4n) is 1.11. The van der Waals surface area contributed by atoms with Crippen LogP contribution in [-0.2, 0) is 4.65 Å². The number of carbonyl (C=O) groups is 2. The van der Waals surface area contributed by atoms with Crippen molar-refractivity contribution >= 4 is 25.7 Å². The van der Waals surface area contributed by atoms with Gasteiger partial charge in [-0.15, -0.1) is 0 Å². The molecule has 1 rings (SSSR count). The van der Waals surface area contributed by atoms with Crippen molar-refractivity contribution in [3.8, 4) is 0 Å². The number of amides is 1. The summed E-state index contributed by atoms with van der Waals surface area (Å²) in [4.78, 5) is 25.7. The Bertz CT molecular complexity index is 432. The highest BCUT2D eigenvalue weighted by Gasteiger charge is 2.09. The number of hydrogen-bond acceptors (Lipinski definition) is 5. The molecule has 0 spiro atoms. The Morgan fingerprint density at radius 1 is 1.41 bits per heavy atom. The van der Waals surface area contributed by atoms with Gasteiger partial charge in [0, 0.05) is 11.8 Å². The second-order valence-corrected chi connectivity index (χ2v) is 2.98. The minimum absolute atomic E-state index is 0.184. The average Bonchev–Trinajstić information content (AvgIpc) is 2.34. The van der Waals surface area contributed by atoms with Crippen molar-refractivity contribution in [3.63, 3.8) is 0 Å². The van der Waals surface area contributed by atoms with Crippen LogP contribution in [0.3, 0.4) is 0 Å². The molecular weight excluding hydrogens is 225 g/mol. The number of aliphatic imine (C=N–C) groups is 1. The van der Waals surface area contributed by atoms with Crippen molar-refractivity contribution in [1.29, 1.82) is 0 Å². The van der Waals surface area contributed by atoms with Gasteiger partial charge in [0.15, 0.2) is 6.29 Å². The highest BCUT2D eigenvalue weighted by molar-refractivity contribution is 6.32. The van der Waals surface area contributed by atoms with Crippen molar-refractivity contribution in [3.05, 3.63) is 35.4 Å². The molecule has 0 aliphatic rings. The zero-order valence-electron chi connectivity index (χ0n) is 8.81. The summed E-state index contributed by atoms with van der Waals surface area (Å²) in [7, 11) is -1.90. The molecule has 88 valence electrons. The molecule has 0 unspecified atom stereocenters. The quantitative estimate of drug-likeness (QED) is 0.414. The van der Waals surface area contributed by atoms with Gasteiger partial charge in [0.2, 0.25) is 0 Å². The van der Waals surface area contributed by atoms with Crippen LogP contribution in [0.4, 0.5) is 0 Å². The van der Waals surface area contributed by atoms with E-state index in [-0.39, 0.29) is 17.7 Å². The van der Waals surface area contributed by atoms with Gasteiger partial charge in [-0.05, 0) is 6.07 Å². The zero-order chi connectivity index (χ0) is 12.7. The summed E-state index contributed by atoms with van der Waals surface area (Å²) >= 11 is 0. The lowest BCUT2D eigenvalue weighted by molar-refractivity contribution is 0.0995. The van der Waals surface area contributed by atoms with Crippen LogP contribution in [0.2, 0.25) is 0 Å². The molecule has 0 saturated carbocycles. The summed E-state index contributed by atoms with van der Waals surface area (Å²) in [6.45, 7) is -0.216. The van der Waals surface area contributed by atoms with Crippen molar-refractivity contribution in [2.75, 3.05) is 6.61 Å². The lowest BCUT2D eigenvalue weighted by Crippen LogP contribution is -2.18. The molecule has 0 aliphatic carbocycles. The molecule has 0 fully saturated rings. The van der Waals surface area contributed by atoms with Gasteiger partial charge in [0.1, 0.15) is 0 Å². The smallest absolute Gasteiger partial charge is 0.402 e. The van der Waals surface area contributed by atoms with Gasteiger partial charge < -0.3 is 14.7 Å². The monoisotopic (exact) mass is 235 g/mol. The average molecular weight is 235 g/mol. The lowest BCUT2D eigenvalue weighted by atomic mass is 10.1. The molecule has 0 aliphatic heterocycles. The SMILES string of the molecule is O=Cc1ccccc1C(=O)N=CCOB(O)O. The van der Waals surface area contributed by atoms with E-state index in [1.807, 2.05) is 0 Å². The van der Waals surface area contributed by atoms with E-state index in [4.69, 9.17) is 10.0 Å². The lowest BCUT2D eigenvalue weighted by Gasteiger charge is -1.99. The molecule has 7 heteroatoms. The summed E-state index contributed by atoms with van der Waals surface area (Å²) in [6, 6.07) is 6.23. The van der Waals surface area contributed by atoms with Gasteiger partial charge >= 0.3 is 7.32 Å². The molecule has 0 saturated heterocycles. The predicted octanol–water partition coefficient (Wildman–Crippen LogP) is -0.304. The fourth-order valence-corrected chi connectivity index (χ4v) is 1.11. The third-order valence-electron chi connectivity index (χ3n) is 1.85. The van der Waals surface area contributed by atoms with Gasteiger partial charge in [0.05, 0.1) is 12.2 Å². The molecule has 1 aromatic carbocycles. The topological polar surface area (TPSA) is 96.2 Å². The highest BCUT2D eigenvalue weighted by atomic mass is 16.6. The molecule has 1 amide bonds. The maximum absolute atomic E-state index is 11.5. The maximum Gasteiger partial charge on any atom is 0.634 e. The van der Waals surface area contributed by atoms with E-state index >= 15 is 0 Å². The molecular formula is C10H10BNO5. The van der Waals surface area contributed by atoms with Crippen LogP contribution >= 0.6 is 0 Å². The Morgan fingerprint density at radius 2 is 2.12 bits per heavy atom. The standard InChI is InChI=1S/C10H10BNO5/c13-7-8-3-1-2-4-9(8)10(14)12-5-6-17-11(15)16/h1-5,7,15-16H,6H2. The van der Waals surface area contributed by atoms with Gasteiger partial charge in [-0.3, -0.25) is 9.59 Å². The first-order valence-corrected chi connectivity index (χ1v) is 4.74. The van der Waals surface area contributed by atoms with E-state index in [1.54, 1.807) is 12.1 Å². The minimum atomic E-state index is -1.90. The number of benzene rings is 1. The fraction of sp³-hybridized carbons (Fsp3) is 0.100. The number of hydrogen-bond donors (Lipinski definition) is 2. The molecule has 1 aromatic rings. The number of rotatable bonds is 5. The molecule has 17 heavy (non-hydrogen) atoms. The van der Waals surface area contributed by atoms with Crippen molar-refractivity contribution < 1.29 is 24.3 Å². The second kappa shape index (κ2) is 6.69. The Balaban J connectivity index is 2.66. The Morgan fingerprint density at radius 3 is 2.76 bits per heavy atom. The summed E-state index contributed by atoms with van der Waals surface area (Å²) in [5, 5.41) is 16.7. The third-order valence-corrected chi connectivity index (χ3v) is 1.85. The van der Waals surface area contributed by atoms with Crippen LogP contribution in [0.25, 0.3) is 0 Å². The molecule has 0 bridgehead atoms. The third kappa shape index (κ3) is 4.27. The van der Waals surface area contributed by atoms with Crippen molar-refractivity contribution in [1.82, 2.24) is 0 Å². The molecule has 2 N–H and O–H groups in total. The Hall–Kier alpha value is -1.83. The van der Waals surface area contributed by atoms with Crippen molar-refractivity contribution in [2.24, 2.45) is 4.99 Å². The second-order valence-electron chi connectivity index (χ2n) is 2.98. The summed E-state index contributed by atoms with van der Waals surface area (Å²) in [6.07, 6.45) is 1.65. The van der Waals surface area contributed by atoms with E-state index in [9.17, 15) is 9.59 Å². The predicted molar refractivity (Wildman–Crippen MR) is 60.8 cm³/mol. The van der Waals surface area contributed by atoms with Gasteiger partial charge in [-0.25, -0.2) is 4.99 Å². The van der Waals surface area contributed by atoms with Crippen LogP contribution in [0.15, 0.2) is 29.3 Å². The molecule has 6 nitrogen and oxygen atoms in total.